The van der Waals surface area contributed by atoms with E-state index >= 15 is 0 Å². The molecule has 0 atom stereocenters. The number of halogens is 2. The summed E-state index contributed by atoms with van der Waals surface area (Å²) in [7, 11) is 0. The van der Waals surface area contributed by atoms with Crippen molar-refractivity contribution < 1.29 is 4.79 Å². The van der Waals surface area contributed by atoms with Crippen molar-refractivity contribution in [2.75, 3.05) is 0 Å². The molecule has 0 spiro atoms. The van der Waals surface area contributed by atoms with Crippen LogP contribution in [0, 0.1) is 0 Å². The lowest BCUT2D eigenvalue weighted by Crippen LogP contribution is -1.82. The van der Waals surface area contributed by atoms with Crippen LogP contribution in [0.3, 0.4) is 0 Å². The molecule has 0 radical (unpaired) electrons. The summed E-state index contributed by atoms with van der Waals surface area (Å²) < 4.78 is 1.71. The highest BCUT2D eigenvalue weighted by molar-refractivity contribution is 9.10. The van der Waals surface area contributed by atoms with Gasteiger partial charge in [-0.1, -0.05) is 11.6 Å². The fourth-order valence-electron chi connectivity index (χ4n) is 1.15. The lowest BCUT2D eigenvalue weighted by molar-refractivity contribution is 0.112. The van der Waals surface area contributed by atoms with Gasteiger partial charge in [-0.3, -0.25) is 4.79 Å². The first kappa shape index (κ1) is 9.19. The van der Waals surface area contributed by atoms with Gasteiger partial charge in [-0.05, 0) is 33.4 Å². The molecule has 0 saturated heterocycles. The molecule has 0 aliphatic rings. The van der Waals surface area contributed by atoms with Crippen LogP contribution in [-0.2, 0) is 0 Å². The minimum absolute atomic E-state index is 0.597. The van der Waals surface area contributed by atoms with Crippen molar-refractivity contribution >= 4 is 55.2 Å². The molecule has 4 heteroatoms. The van der Waals surface area contributed by atoms with E-state index in [0.717, 1.165) is 16.4 Å². The van der Waals surface area contributed by atoms with E-state index < -0.39 is 0 Å². The first-order valence-corrected chi connectivity index (χ1v) is 5.59. The molecule has 2 rings (SSSR count). The Kier molecular flexibility index (Phi) is 2.41. The molecule has 13 heavy (non-hydrogen) atoms. The van der Waals surface area contributed by atoms with Gasteiger partial charge in [-0.2, -0.15) is 0 Å². The van der Waals surface area contributed by atoms with Gasteiger partial charge in [0.15, 0.2) is 6.29 Å². The molecule has 0 saturated carbocycles. The van der Waals surface area contributed by atoms with Gasteiger partial charge in [0.05, 0.1) is 5.02 Å². The van der Waals surface area contributed by atoms with Crippen LogP contribution in [0.15, 0.2) is 22.0 Å². The molecule has 66 valence electrons. The van der Waals surface area contributed by atoms with Crippen molar-refractivity contribution in [3.05, 3.63) is 32.6 Å². The Hall–Kier alpha value is -0.380. The zero-order chi connectivity index (χ0) is 9.42. The number of carbonyl (C=O) groups excluding carboxylic acids is 1. The number of carbonyl (C=O) groups is 1. The largest absolute Gasteiger partial charge is 0.298 e. The van der Waals surface area contributed by atoms with E-state index in [1.165, 1.54) is 0 Å². The van der Waals surface area contributed by atoms with Crippen LogP contribution in [0.4, 0.5) is 0 Å². The molecular formula is C9H4BrClOS. The van der Waals surface area contributed by atoms with Gasteiger partial charge >= 0.3 is 0 Å². The van der Waals surface area contributed by atoms with Crippen molar-refractivity contribution in [2.45, 2.75) is 0 Å². The zero-order valence-electron chi connectivity index (χ0n) is 6.38. The number of hydrogen-bond acceptors (Lipinski definition) is 2. The molecule has 1 heterocycles. The average Bonchev–Trinajstić information content (AvgIpc) is 2.59. The van der Waals surface area contributed by atoms with E-state index in [9.17, 15) is 4.79 Å². The second kappa shape index (κ2) is 3.40. The van der Waals surface area contributed by atoms with E-state index in [2.05, 4.69) is 15.9 Å². The quantitative estimate of drug-likeness (QED) is 0.715. The monoisotopic (exact) mass is 274 g/mol. The van der Waals surface area contributed by atoms with Crippen molar-refractivity contribution in [1.82, 2.24) is 0 Å². The average molecular weight is 276 g/mol. The Morgan fingerprint density at radius 3 is 3.00 bits per heavy atom. The van der Waals surface area contributed by atoms with E-state index in [1.54, 1.807) is 11.3 Å². The number of fused-ring (bicyclic) bond motifs is 1. The Morgan fingerprint density at radius 2 is 2.31 bits per heavy atom. The van der Waals surface area contributed by atoms with Crippen molar-refractivity contribution in [1.29, 1.82) is 0 Å². The van der Waals surface area contributed by atoms with Crippen molar-refractivity contribution in [3.63, 3.8) is 0 Å². The molecule has 0 aliphatic carbocycles. The summed E-state index contributed by atoms with van der Waals surface area (Å²) in [4.78, 5) is 10.7. The fraction of sp³-hybridized carbons (Fsp3) is 0. The maximum Gasteiger partial charge on any atom is 0.151 e. The highest BCUT2D eigenvalue weighted by atomic mass is 79.9. The van der Waals surface area contributed by atoms with Crippen molar-refractivity contribution in [2.24, 2.45) is 0 Å². The maximum atomic E-state index is 10.7. The Balaban J connectivity index is 2.91. The summed E-state index contributed by atoms with van der Waals surface area (Å²) in [5.41, 5.74) is 0.597. The van der Waals surface area contributed by atoms with Gasteiger partial charge in [0, 0.05) is 20.1 Å². The van der Waals surface area contributed by atoms with Crippen LogP contribution in [0.2, 0.25) is 5.02 Å². The fourth-order valence-corrected chi connectivity index (χ4v) is 2.74. The van der Waals surface area contributed by atoms with Crippen LogP contribution in [0.5, 0.6) is 0 Å². The summed E-state index contributed by atoms with van der Waals surface area (Å²) in [6.45, 7) is 0. The van der Waals surface area contributed by atoms with E-state index in [0.29, 0.717) is 15.1 Å². The van der Waals surface area contributed by atoms with Crippen LogP contribution in [-0.4, -0.2) is 6.29 Å². The zero-order valence-corrected chi connectivity index (χ0v) is 9.54. The first-order chi connectivity index (χ1) is 6.24. The minimum Gasteiger partial charge on any atom is -0.298 e. The third-order valence-corrected chi connectivity index (χ3v) is 4.13. The normalized spacial score (nSPS) is 10.6. The highest BCUT2D eigenvalue weighted by Gasteiger charge is 2.09. The predicted molar refractivity (Wildman–Crippen MR) is 59.9 cm³/mol. The molecule has 0 N–H and O–H groups in total. The van der Waals surface area contributed by atoms with Gasteiger partial charge in [0.2, 0.25) is 0 Å². The van der Waals surface area contributed by atoms with Crippen LogP contribution in [0.1, 0.15) is 10.4 Å². The van der Waals surface area contributed by atoms with E-state index in [1.807, 2.05) is 17.5 Å². The molecule has 2 aromatic rings. The Bertz CT molecular complexity index is 478. The molecule has 1 aromatic heterocycles. The van der Waals surface area contributed by atoms with E-state index in [4.69, 9.17) is 11.6 Å². The second-order valence-corrected chi connectivity index (χ2v) is 4.66. The summed E-state index contributed by atoms with van der Waals surface area (Å²) in [6, 6.07) is 3.78. The second-order valence-electron chi connectivity index (χ2n) is 2.54. The van der Waals surface area contributed by atoms with Crippen molar-refractivity contribution in [3.8, 4) is 0 Å². The first-order valence-electron chi connectivity index (χ1n) is 3.54. The Morgan fingerprint density at radius 1 is 1.54 bits per heavy atom. The topological polar surface area (TPSA) is 17.1 Å². The van der Waals surface area contributed by atoms with E-state index in [-0.39, 0.29) is 0 Å². The molecule has 0 aliphatic heterocycles. The summed E-state index contributed by atoms with van der Waals surface area (Å²) in [5.74, 6) is 0. The van der Waals surface area contributed by atoms with Crippen LogP contribution in [0.25, 0.3) is 10.1 Å². The predicted octanol–water partition coefficient (Wildman–Crippen LogP) is 4.13. The Labute approximate surface area is 92.5 Å². The van der Waals surface area contributed by atoms with Gasteiger partial charge in [-0.15, -0.1) is 11.3 Å². The summed E-state index contributed by atoms with van der Waals surface area (Å²) in [6.07, 6.45) is 0.801. The maximum absolute atomic E-state index is 10.7. The van der Waals surface area contributed by atoms with Crippen LogP contribution < -0.4 is 0 Å². The molecule has 0 fully saturated rings. The van der Waals surface area contributed by atoms with Crippen LogP contribution >= 0.6 is 38.9 Å². The standard InChI is InChI=1S/C9H4BrClOS/c10-8-5(4-12)3-7-6(9(8)11)1-2-13-7/h1-4H. The number of hydrogen-bond donors (Lipinski definition) is 0. The SMILES string of the molecule is O=Cc1cc2sccc2c(Cl)c1Br. The smallest absolute Gasteiger partial charge is 0.151 e. The minimum atomic E-state index is 0.597. The van der Waals surface area contributed by atoms with Gasteiger partial charge in [-0.25, -0.2) is 0 Å². The third kappa shape index (κ3) is 1.41. The number of benzene rings is 1. The molecule has 0 amide bonds. The number of rotatable bonds is 1. The lowest BCUT2D eigenvalue weighted by atomic mass is 10.2. The molecule has 0 bridgehead atoms. The van der Waals surface area contributed by atoms with Gasteiger partial charge in [0.25, 0.3) is 0 Å². The number of aldehydes is 1. The third-order valence-electron chi connectivity index (χ3n) is 1.79. The summed E-state index contributed by atoms with van der Waals surface area (Å²) >= 11 is 10.9. The molecule has 1 aromatic carbocycles. The molecular weight excluding hydrogens is 272 g/mol. The highest BCUT2D eigenvalue weighted by Crippen LogP contribution is 2.35. The van der Waals surface area contributed by atoms with Gasteiger partial charge < -0.3 is 0 Å². The summed E-state index contributed by atoms with van der Waals surface area (Å²) in [5, 5.41) is 3.56. The molecule has 0 unspecified atom stereocenters. The van der Waals surface area contributed by atoms with Gasteiger partial charge in [0.1, 0.15) is 0 Å². The lowest BCUT2D eigenvalue weighted by Gasteiger charge is -2.00. The number of thiophene rings is 1. The molecule has 1 nitrogen and oxygen atoms in total.